The van der Waals surface area contributed by atoms with Gasteiger partial charge in [-0.25, -0.2) is 0 Å². The monoisotopic (exact) mass is 465 g/mol. The van der Waals surface area contributed by atoms with Gasteiger partial charge >= 0.3 is 17.6 Å². The first-order chi connectivity index (χ1) is 14.3. The van der Waals surface area contributed by atoms with Crippen molar-refractivity contribution in [1.29, 1.82) is 0 Å². The van der Waals surface area contributed by atoms with Gasteiger partial charge in [0, 0.05) is 70.4 Å². The van der Waals surface area contributed by atoms with Crippen LogP contribution in [0.25, 0.3) is 0 Å². The summed E-state index contributed by atoms with van der Waals surface area (Å²) >= 11 is 0. The summed E-state index contributed by atoms with van der Waals surface area (Å²) in [5, 5.41) is 0. The summed E-state index contributed by atoms with van der Waals surface area (Å²) in [5.41, 5.74) is 0.475. The molecule has 30 heavy (non-hydrogen) atoms. The lowest BCUT2D eigenvalue weighted by atomic mass is 10.3. The van der Waals surface area contributed by atoms with Crippen LogP contribution >= 0.6 is 0 Å². The van der Waals surface area contributed by atoms with Crippen molar-refractivity contribution in [2.75, 3.05) is 52.7 Å². The Morgan fingerprint density at radius 3 is 1.13 bits per heavy atom. The highest BCUT2D eigenvalue weighted by Gasteiger charge is 2.43. The summed E-state index contributed by atoms with van der Waals surface area (Å²) in [4.78, 5) is 14.6. The third-order valence-corrected chi connectivity index (χ3v) is 10.3. The van der Waals surface area contributed by atoms with E-state index >= 15 is 0 Å². The average Bonchev–Trinajstić information content (AvgIpc) is 2.69. The van der Waals surface area contributed by atoms with Gasteiger partial charge in [-0.05, 0) is 48.5 Å². The van der Waals surface area contributed by atoms with Crippen LogP contribution in [-0.4, -0.2) is 81.1 Å². The molecular weight excluding hydrogens is 422 g/mol. The predicted octanol–water partition coefficient (Wildman–Crippen LogP) is 3.49. The maximum absolute atomic E-state index is 12.8. The molecule has 0 atom stereocenters. The van der Waals surface area contributed by atoms with E-state index in [9.17, 15) is 4.79 Å². The molecule has 0 spiro atoms. The van der Waals surface area contributed by atoms with Gasteiger partial charge in [0.05, 0.1) is 0 Å². The molecule has 0 radical (unpaired) electrons. The van der Waals surface area contributed by atoms with Crippen molar-refractivity contribution in [3.05, 3.63) is 12.2 Å². The Morgan fingerprint density at radius 1 is 0.667 bits per heavy atom. The van der Waals surface area contributed by atoms with E-state index in [1.807, 2.05) is 41.5 Å². The van der Waals surface area contributed by atoms with Gasteiger partial charge in [-0.15, -0.1) is 0 Å². The van der Waals surface area contributed by atoms with Gasteiger partial charge in [-0.3, -0.25) is 4.79 Å². The minimum Gasteiger partial charge on any atom is -0.374 e. The minimum atomic E-state index is -2.87. The van der Waals surface area contributed by atoms with Crippen LogP contribution in [0, 0.1) is 0 Å². The summed E-state index contributed by atoms with van der Waals surface area (Å²) < 4.78 is 35.6. The average molecular weight is 466 g/mol. The maximum atomic E-state index is 12.8. The molecule has 0 fully saturated rings. The van der Waals surface area contributed by atoms with Crippen LogP contribution < -0.4 is 0 Å². The Balaban J connectivity index is 5.48. The highest BCUT2D eigenvalue weighted by Crippen LogP contribution is 2.21. The normalized spacial score (nSPS) is 12.2. The number of nitrogens with zero attached hydrogens (tertiary/aromatic N) is 1. The van der Waals surface area contributed by atoms with Crippen LogP contribution in [0.3, 0.4) is 0 Å². The summed E-state index contributed by atoms with van der Waals surface area (Å²) in [6.45, 7) is 20.9. The Bertz CT molecular complexity index is 430. The van der Waals surface area contributed by atoms with E-state index in [0.717, 1.165) is 0 Å². The smallest absolute Gasteiger partial charge is 0.374 e. The molecule has 0 aliphatic carbocycles. The minimum absolute atomic E-state index is 0.116. The Hall–Kier alpha value is -0.596. The molecular formula is C20H43NO7Si2. The zero-order valence-electron chi connectivity index (χ0n) is 20.1. The van der Waals surface area contributed by atoms with E-state index in [1.54, 1.807) is 11.8 Å². The first-order valence-corrected chi connectivity index (χ1v) is 14.9. The van der Waals surface area contributed by atoms with Crippen molar-refractivity contribution >= 4 is 23.5 Å². The van der Waals surface area contributed by atoms with Crippen molar-refractivity contribution in [3.63, 3.8) is 0 Å². The number of carbonyl (C=O) groups excluding carboxylic acids is 1. The van der Waals surface area contributed by atoms with Crippen molar-refractivity contribution in [1.82, 2.24) is 4.90 Å². The lowest BCUT2D eigenvalue weighted by Crippen LogP contribution is -2.51. The van der Waals surface area contributed by atoms with Crippen LogP contribution in [0.2, 0.25) is 12.1 Å². The maximum Gasteiger partial charge on any atom is 0.502 e. The topological polar surface area (TPSA) is 75.7 Å². The van der Waals surface area contributed by atoms with E-state index in [-0.39, 0.29) is 5.91 Å². The van der Waals surface area contributed by atoms with Crippen LogP contribution in [0.5, 0.6) is 0 Å². The highest BCUT2D eigenvalue weighted by atomic mass is 28.4. The molecule has 0 aromatic carbocycles. The Morgan fingerprint density at radius 2 is 0.933 bits per heavy atom. The molecule has 0 N–H and O–H groups in total. The van der Waals surface area contributed by atoms with E-state index < -0.39 is 17.6 Å². The lowest BCUT2D eigenvalue weighted by Gasteiger charge is -2.33. The number of hydrogen-bond donors (Lipinski definition) is 0. The van der Waals surface area contributed by atoms with Crippen molar-refractivity contribution in [3.8, 4) is 0 Å². The highest BCUT2D eigenvalue weighted by molar-refractivity contribution is 6.61. The molecule has 0 aliphatic rings. The molecule has 0 heterocycles. The van der Waals surface area contributed by atoms with Gasteiger partial charge in [0.2, 0.25) is 5.91 Å². The van der Waals surface area contributed by atoms with Gasteiger partial charge in [-0.2, -0.15) is 0 Å². The molecule has 10 heteroatoms. The van der Waals surface area contributed by atoms with Crippen LogP contribution in [0.1, 0.15) is 48.5 Å². The number of amides is 1. The molecule has 0 saturated heterocycles. The first-order valence-electron chi connectivity index (χ1n) is 11.1. The summed E-state index contributed by atoms with van der Waals surface area (Å²) in [6.07, 6.45) is 0. The SMILES string of the molecule is C=C(C)C(=O)N(CC[Si](OCC)(OCC)OCC)CC[Si](OCC)(OCC)OCC. The molecule has 0 rings (SSSR count). The van der Waals surface area contributed by atoms with Gasteiger partial charge in [0.15, 0.2) is 0 Å². The number of hydrogen-bond acceptors (Lipinski definition) is 7. The quantitative estimate of drug-likeness (QED) is 0.213. The summed E-state index contributed by atoms with van der Waals surface area (Å²) in [5.74, 6) is -0.116. The Kier molecular flexibility index (Phi) is 15.8. The second-order valence-electron chi connectivity index (χ2n) is 6.54. The fraction of sp³-hybridized carbons (Fsp3) is 0.850. The fourth-order valence-electron chi connectivity index (χ4n) is 3.13. The first kappa shape index (κ1) is 29.4. The van der Waals surface area contributed by atoms with Gasteiger partial charge in [0.25, 0.3) is 0 Å². The molecule has 1 amide bonds. The summed E-state index contributed by atoms with van der Waals surface area (Å²) in [6, 6.07) is 1.02. The second-order valence-corrected chi connectivity index (χ2v) is 12.0. The third-order valence-electron chi connectivity index (χ3n) is 4.21. The third kappa shape index (κ3) is 10.1. The fourth-order valence-corrected chi connectivity index (χ4v) is 8.22. The van der Waals surface area contributed by atoms with Crippen molar-refractivity contribution in [2.45, 2.75) is 60.6 Å². The number of rotatable bonds is 19. The van der Waals surface area contributed by atoms with Crippen LogP contribution in [0.15, 0.2) is 12.2 Å². The van der Waals surface area contributed by atoms with Gasteiger partial charge in [-0.1, -0.05) is 6.58 Å². The standard InChI is InChI=1S/C20H43NO7Si2/c1-9-23-29(24-10-2,25-11-3)17-15-21(20(22)19(7)8)16-18-30(26-12-4,27-13-5)28-14-6/h7,9-18H2,1-6,8H3. The number of carbonyl (C=O) groups is 1. The van der Waals surface area contributed by atoms with Crippen molar-refractivity contribution < 1.29 is 31.4 Å². The second kappa shape index (κ2) is 16.1. The Labute approximate surface area is 185 Å². The van der Waals surface area contributed by atoms with E-state index in [1.165, 1.54) is 0 Å². The molecule has 0 aromatic rings. The molecule has 0 bridgehead atoms. The molecule has 178 valence electrons. The van der Waals surface area contributed by atoms with Gasteiger partial charge in [0.1, 0.15) is 0 Å². The van der Waals surface area contributed by atoms with Crippen LogP contribution in [-0.2, 0) is 31.4 Å². The lowest BCUT2D eigenvalue weighted by molar-refractivity contribution is -0.126. The molecule has 0 saturated carbocycles. The molecule has 8 nitrogen and oxygen atoms in total. The van der Waals surface area contributed by atoms with Gasteiger partial charge < -0.3 is 31.5 Å². The van der Waals surface area contributed by atoms with Crippen LogP contribution in [0.4, 0.5) is 0 Å². The zero-order chi connectivity index (χ0) is 23.0. The molecule has 0 aliphatic heterocycles. The largest absolute Gasteiger partial charge is 0.502 e. The molecule has 0 unspecified atom stereocenters. The van der Waals surface area contributed by atoms with E-state index in [0.29, 0.717) is 70.4 Å². The predicted molar refractivity (Wildman–Crippen MR) is 122 cm³/mol. The molecule has 0 aromatic heterocycles. The van der Waals surface area contributed by atoms with Crippen molar-refractivity contribution in [2.24, 2.45) is 0 Å². The van der Waals surface area contributed by atoms with E-state index in [2.05, 4.69) is 6.58 Å². The summed E-state index contributed by atoms with van der Waals surface area (Å²) in [7, 11) is -5.73. The van der Waals surface area contributed by atoms with E-state index in [4.69, 9.17) is 26.6 Å². The zero-order valence-corrected chi connectivity index (χ0v) is 22.1.